The van der Waals surface area contributed by atoms with Crippen molar-refractivity contribution in [2.45, 2.75) is 19.3 Å². The molecule has 0 atom stereocenters. The number of aromatic nitrogens is 1. The summed E-state index contributed by atoms with van der Waals surface area (Å²) in [5.74, 6) is -2.29. The number of ether oxygens (including phenoxy) is 1. The molecule has 1 aliphatic carbocycles. The Kier molecular flexibility index (Phi) is 3.69. The first-order valence-corrected chi connectivity index (χ1v) is 6.08. The molecule has 0 spiro atoms. The minimum Gasteiger partial charge on any atom is -0.480 e. The lowest BCUT2D eigenvalue weighted by Gasteiger charge is -2.35. The largest absolute Gasteiger partial charge is 0.480 e. The number of carboxylic acids is 1. The van der Waals surface area contributed by atoms with Gasteiger partial charge in [-0.05, 0) is 18.9 Å². The van der Waals surface area contributed by atoms with Gasteiger partial charge in [0.15, 0.2) is 0 Å². The fourth-order valence-corrected chi connectivity index (χ4v) is 2.06. The summed E-state index contributed by atoms with van der Waals surface area (Å²) in [6.45, 7) is 0. The zero-order valence-corrected chi connectivity index (χ0v) is 10.9. The smallest absolute Gasteiger partial charge is 0.339 e. The van der Waals surface area contributed by atoms with Gasteiger partial charge in [0.05, 0.1) is 24.6 Å². The van der Waals surface area contributed by atoms with Crippen LogP contribution in [-0.4, -0.2) is 35.0 Å². The standard InChI is InChI=1S/C13H14N2O5/c1-20-10(16)8-5-9(7-14-6-8)15-11(17)13(12(18)19)3-2-4-13/h5-7H,2-4H2,1H3,(H,15,17)(H,18,19). The topological polar surface area (TPSA) is 106 Å². The molecule has 0 saturated heterocycles. The summed E-state index contributed by atoms with van der Waals surface area (Å²) >= 11 is 0. The van der Waals surface area contributed by atoms with Crippen LogP contribution in [0.1, 0.15) is 29.6 Å². The van der Waals surface area contributed by atoms with Crippen LogP contribution >= 0.6 is 0 Å². The fourth-order valence-electron chi connectivity index (χ4n) is 2.06. The Hall–Kier alpha value is -2.44. The normalized spacial score (nSPS) is 15.8. The van der Waals surface area contributed by atoms with Crippen LogP contribution in [0.3, 0.4) is 0 Å². The van der Waals surface area contributed by atoms with Crippen LogP contribution in [0.5, 0.6) is 0 Å². The Morgan fingerprint density at radius 1 is 1.35 bits per heavy atom. The number of carboxylic acid groups (broad SMARTS) is 1. The van der Waals surface area contributed by atoms with Gasteiger partial charge in [-0.3, -0.25) is 14.6 Å². The van der Waals surface area contributed by atoms with E-state index in [4.69, 9.17) is 5.11 Å². The molecule has 1 aromatic rings. The van der Waals surface area contributed by atoms with Crippen molar-refractivity contribution in [3.8, 4) is 0 Å². The Morgan fingerprint density at radius 3 is 2.55 bits per heavy atom. The van der Waals surface area contributed by atoms with Gasteiger partial charge in [0, 0.05) is 6.20 Å². The zero-order chi connectivity index (χ0) is 14.8. The number of methoxy groups -OCH3 is 1. The van der Waals surface area contributed by atoms with Crippen molar-refractivity contribution >= 4 is 23.5 Å². The van der Waals surface area contributed by atoms with Gasteiger partial charge in [-0.15, -0.1) is 0 Å². The third kappa shape index (κ3) is 2.34. The summed E-state index contributed by atoms with van der Waals surface area (Å²) in [4.78, 5) is 38.4. The van der Waals surface area contributed by atoms with Gasteiger partial charge in [-0.25, -0.2) is 4.79 Å². The van der Waals surface area contributed by atoms with Gasteiger partial charge in [-0.1, -0.05) is 6.42 Å². The zero-order valence-electron chi connectivity index (χ0n) is 10.9. The molecule has 0 aliphatic heterocycles. The maximum atomic E-state index is 12.1. The molecule has 0 unspecified atom stereocenters. The SMILES string of the molecule is COC(=O)c1cncc(NC(=O)C2(C(=O)O)CCC2)c1. The minimum atomic E-state index is -1.36. The maximum Gasteiger partial charge on any atom is 0.339 e. The quantitative estimate of drug-likeness (QED) is 0.630. The number of rotatable bonds is 4. The minimum absolute atomic E-state index is 0.184. The number of anilines is 1. The van der Waals surface area contributed by atoms with Crippen LogP contribution in [-0.2, 0) is 14.3 Å². The molecular weight excluding hydrogens is 264 g/mol. The van der Waals surface area contributed by atoms with E-state index in [1.54, 1.807) is 0 Å². The van der Waals surface area contributed by atoms with Crippen LogP contribution in [0, 0.1) is 5.41 Å². The van der Waals surface area contributed by atoms with Crippen LogP contribution in [0.15, 0.2) is 18.5 Å². The molecule has 1 heterocycles. The Balaban J connectivity index is 2.16. The second-order valence-corrected chi connectivity index (χ2v) is 4.65. The highest BCUT2D eigenvalue weighted by Gasteiger charge is 2.51. The number of pyridine rings is 1. The van der Waals surface area contributed by atoms with Crippen LogP contribution in [0.2, 0.25) is 0 Å². The van der Waals surface area contributed by atoms with E-state index < -0.39 is 23.3 Å². The first-order chi connectivity index (χ1) is 9.49. The van der Waals surface area contributed by atoms with E-state index in [-0.39, 0.29) is 11.3 Å². The van der Waals surface area contributed by atoms with E-state index in [2.05, 4.69) is 15.0 Å². The van der Waals surface area contributed by atoms with E-state index in [0.29, 0.717) is 19.3 Å². The number of amides is 1. The molecule has 1 amide bonds. The van der Waals surface area contributed by atoms with Gasteiger partial charge < -0.3 is 15.2 Å². The summed E-state index contributed by atoms with van der Waals surface area (Å²) in [5.41, 5.74) is -0.907. The first-order valence-electron chi connectivity index (χ1n) is 6.08. The molecule has 1 fully saturated rings. The van der Waals surface area contributed by atoms with E-state index in [1.165, 1.54) is 25.6 Å². The lowest BCUT2D eigenvalue weighted by Crippen LogP contribution is -2.48. The van der Waals surface area contributed by atoms with Crippen molar-refractivity contribution in [2.75, 3.05) is 12.4 Å². The van der Waals surface area contributed by atoms with Gasteiger partial charge in [0.2, 0.25) is 5.91 Å². The highest BCUT2D eigenvalue weighted by atomic mass is 16.5. The number of aliphatic carboxylic acids is 1. The van der Waals surface area contributed by atoms with E-state index in [1.807, 2.05) is 0 Å². The van der Waals surface area contributed by atoms with E-state index >= 15 is 0 Å². The molecule has 0 radical (unpaired) electrons. The number of carbonyl (C=O) groups excluding carboxylic acids is 2. The highest BCUT2D eigenvalue weighted by Crippen LogP contribution is 2.42. The van der Waals surface area contributed by atoms with Gasteiger partial charge in [-0.2, -0.15) is 0 Å². The molecular formula is C13H14N2O5. The van der Waals surface area contributed by atoms with Gasteiger partial charge in [0.1, 0.15) is 5.41 Å². The number of nitrogens with zero attached hydrogens (tertiary/aromatic N) is 1. The average Bonchev–Trinajstić information content (AvgIpc) is 2.36. The molecule has 2 N–H and O–H groups in total. The summed E-state index contributed by atoms with van der Waals surface area (Å²) in [6, 6.07) is 1.39. The third-order valence-corrected chi connectivity index (χ3v) is 3.47. The first kappa shape index (κ1) is 14.0. The Bertz CT molecular complexity index is 566. The van der Waals surface area contributed by atoms with Crippen LogP contribution in [0.25, 0.3) is 0 Å². The van der Waals surface area contributed by atoms with Crippen molar-refractivity contribution in [1.82, 2.24) is 4.98 Å². The lowest BCUT2D eigenvalue weighted by molar-refractivity contribution is -0.159. The Labute approximate surface area is 115 Å². The molecule has 0 aromatic carbocycles. The summed E-state index contributed by atoms with van der Waals surface area (Å²) in [6.07, 6.45) is 3.99. The molecule has 7 heteroatoms. The second kappa shape index (κ2) is 5.28. The number of hydrogen-bond donors (Lipinski definition) is 2. The van der Waals surface area contributed by atoms with Crippen molar-refractivity contribution < 1.29 is 24.2 Å². The molecule has 106 valence electrons. The van der Waals surface area contributed by atoms with Gasteiger partial charge >= 0.3 is 11.9 Å². The predicted molar refractivity (Wildman–Crippen MR) is 68.1 cm³/mol. The Morgan fingerprint density at radius 2 is 2.05 bits per heavy atom. The van der Waals surface area contributed by atoms with Crippen molar-refractivity contribution in [1.29, 1.82) is 0 Å². The molecule has 2 rings (SSSR count). The van der Waals surface area contributed by atoms with Crippen molar-refractivity contribution in [3.63, 3.8) is 0 Å². The van der Waals surface area contributed by atoms with Crippen molar-refractivity contribution in [3.05, 3.63) is 24.0 Å². The molecule has 7 nitrogen and oxygen atoms in total. The number of hydrogen-bond acceptors (Lipinski definition) is 5. The van der Waals surface area contributed by atoms with Gasteiger partial charge in [0.25, 0.3) is 0 Å². The van der Waals surface area contributed by atoms with E-state index in [0.717, 1.165) is 0 Å². The molecule has 0 bridgehead atoms. The van der Waals surface area contributed by atoms with Crippen LogP contribution in [0.4, 0.5) is 5.69 Å². The molecule has 20 heavy (non-hydrogen) atoms. The summed E-state index contributed by atoms with van der Waals surface area (Å²) < 4.78 is 4.55. The molecule has 1 aromatic heterocycles. The monoisotopic (exact) mass is 278 g/mol. The predicted octanol–water partition coefficient (Wildman–Crippen LogP) is 1.06. The number of nitrogens with one attached hydrogen (secondary N) is 1. The number of carbonyl (C=O) groups is 3. The maximum absolute atomic E-state index is 12.1. The van der Waals surface area contributed by atoms with Crippen molar-refractivity contribution in [2.24, 2.45) is 5.41 Å². The lowest BCUT2D eigenvalue weighted by atomic mass is 9.68. The molecule has 1 saturated carbocycles. The van der Waals surface area contributed by atoms with E-state index in [9.17, 15) is 14.4 Å². The summed E-state index contributed by atoms with van der Waals surface area (Å²) in [7, 11) is 1.24. The number of esters is 1. The average molecular weight is 278 g/mol. The molecule has 1 aliphatic rings. The summed E-state index contributed by atoms with van der Waals surface area (Å²) in [5, 5.41) is 11.7. The second-order valence-electron chi connectivity index (χ2n) is 4.65. The van der Waals surface area contributed by atoms with Crippen LogP contribution < -0.4 is 5.32 Å². The highest BCUT2D eigenvalue weighted by molar-refractivity contribution is 6.09. The third-order valence-electron chi connectivity index (χ3n) is 3.47. The fraction of sp³-hybridized carbons (Fsp3) is 0.385.